The van der Waals surface area contributed by atoms with E-state index in [2.05, 4.69) is 13.8 Å². The zero-order chi connectivity index (χ0) is 13.7. The Morgan fingerprint density at radius 3 is 2.61 bits per heavy atom. The molecule has 0 fully saturated rings. The Morgan fingerprint density at radius 1 is 1.39 bits per heavy atom. The van der Waals surface area contributed by atoms with Gasteiger partial charge >= 0.3 is 0 Å². The average Bonchev–Trinajstić information content (AvgIpc) is 2.35. The molecule has 18 heavy (non-hydrogen) atoms. The second-order valence-corrected chi connectivity index (χ2v) is 4.92. The van der Waals surface area contributed by atoms with Gasteiger partial charge in [-0.2, -0.15) is 0 Å². The minimum Gasteiger partial charge on any atom is -0.391 e. The van der Waals surface area contributed by atoms with Gasteiger partial charge < -0.3 is 10.8 Å². The van der Waals surface area contributed by atoms with Crippen LogP contribution in [0.5, 0.6) is 0 Å². The number of aliphatic hydroxyl groups excluding tert-OH is 1. The van der Waals surface area contributed by atoms with Gasteiger partial charge in [0, 0.05) is 12.1 Å². The molecule has 0 aliphatic heterocycles. The molecule has 0 amide bonds. The molecule has 100 valence electrons. The molecule has 0 spiro atoms. The van der Waals surface area contributed by atoms with E-state index in [1.54, 1.807) is 12.1 Å². The van der Waals surface area contributed by atoms with Crippen LogP contribution in [0.4, 0.5) is 5.69 Å². The van der Waals surface area contributed by atoms with Gasteiger partial charge in [-0.25, -0.2) is 0 Å². The van der Waals surface area contributed by atoms with E-state index in [1.807, 2.05) is 0 Å². The molecule has 0 aromatic heterocycles. The third-order valence-electron chi connectivity index (χ3n) is 2.92. The first-order valence-electron chi connectivity index (χ1n) is 6.09. The first-order valence-corrected chi connectivity index (χ1v) is 6.09. The Balaban J connectivity index is 2.73. The second-order valence-electron chi connectivity index (χ2n) is 4.92. The number of hydrogen-bond acceptors (Lipinski definition) is 4. The molecule has 1 rings (SSSR count). The van der Waals surface area contributed by atoms with Crippen LogP contribution in [0.1, 0.15) is 38.3 Å². The zero-order valence-electron chi connectivity index (χ0n) is 10.7. The van der Waals surface area contributed by atoms with Crippen LogP contribution in [0.3, 0.4) is 0 Å². The summed E-state index contributed by atoms with van der Waals surface area (Å²) in [6, 6.07) is 5.54. The number of rotatable bonds is 6. The van der Waals surface area contributed by atoms with Crippen molar-refractivity contribution in [3.05, 3.63) is 39.9 Å². The lowest BCUT2D eigenvalue weighted by Gasteiger charge is -2.19. The van der Waals surface area contributed by atoms with Gasteiger partial charge in [-0.1, -0.05) is 26.0 Å². The Morgan fingerprint density at radius 2 is 2.06 bits per heavy atom. The lowest BCUT2D eigenvalue weighted by molar-refractivity contribution is -0.384. The second kappa shape index (κ2) is 6.47. The highest BCUT2D eigenvalue weighted by Gasteiger charge is 2.19. The number of nitrogens with zero attached hydrogens (tertiary/aromatic N) is 1. The highest BCUT2D eigenvalue weighted by atomic mass is 16.6. The van der Waals surface area contributed by atoms with Crippen molar-refractivity contribution in [2.45, 2.75) is 38.8 Å². The molecule has 0 aliphatic carbocycles. The molecular formula is C13H20N2O3. The lowest BCUT2D eigenvalue weighted by atomic mass is 9.96. The van der Waals surface area contributed by atoms with Crippen LogP contribution in [0, 0.1) is 16.0 Å². The maximum Gasteiger partial charge on any atom is 0.269 e. The van der Waals surface area contributed by atoms with Gasteiger partial charge in [0.1, 0.15) is 0 Å². The van der Waals surface area contributed by atoms with Crippen molar-refractivity contribution in [3.63, 3.8) is 0 Å². The SMILES string of the molecule is CC(C)CC[C@H](O)[C@H](N)c1cccc([N+](=O)[O-])c1. The van der Waals surface area contributed by atoms with Crippen molar-refractivity contribution in [1.29, 1.82) is 0 Å². The molecule has 0 saturated carbocycles. The molecule has 0 unspecified atom stereocenters. The summed E-state index contributed by atoms with van der Waals surface area (Å²) in [7, 11) is 0. The normalized spacial score (nSPS) is 14.5. The van der Waals surface area contributed by atoms with Crippen LogP contribution in [0.25, 0.3) is 0 Å². The van der Waals surface area contributed by atoms with Crippen LogP contribution >= 0.6 is 0 Å². The Bertz CT molecular complexity index is 407. The third-order valence-corrected chi connectivity index (χ3v) is 2.92. The van der Waals surface area contributed by atoms with Crippen LogP contribution in [-0.2, 0) is 0 Å². The lowest BCUT2D eigenvalue weighted by Crippen LogP contribution is -2.26. The van der Waals surface area contributed by atoms with Crippen molar-refractivity contribution in [2.24, 2.45) is 11.7 Å². The fourth-order valence-electron chi connectivity index (χ4n) is 1.75. The summed E-state index contributed by atoms with van der Waals surface area (Å²) >= 11 is 0. The van der Waals surface area contributed by atoms with Gasteiger partial charge in [0.25, 0.3) is 5.69 Å². The summed E-state index contributed by atoms with van der Waals surface area (Å²) in [6.07, 6.45) is 0.806. The number of nitrogens with two attached hydrogens (primary N) is 1. The monoisotopic (exact) mass is 252 g/mol. The molecule has 1 aromatic carbocycles. The van der Waals surface area contributed by atoms with E-state index in [1.165, 1.54) is 12.1 Å². The third kappa shape index (κ3) is 4.09. The van der Waals surface area contributed by atoms with E-state index >= 15 is 0 Å². The molecule has 5 heteroatoms. The van der Waals surface area contributed by atoms with Crippen molar-refractivity contribution in [3.8, 4) is 0 Å². The van der Waals surface area contributed by atoms with Crippen molar-refractivity contribution in [2.75, 3.05) is 0 Å². The Hall–Kier alpha value is -1.46. The molecular weight excluding hydrogens is 232 g/mol. The van der Waals surface area contributed by atoms with E-state index in [0.29, 0.717) is 17.9 Å². The summed E-state index contributed by atoms with van der Waals surface area (Å²) in [5, 5.41) is 20.6. The predicted molar refractivity (Wildman–Crippen MR) is 70.1 cm³/mol. The predicted octanol–water partition coefficient (Wildman–Crippen LogP) is 2.39. The summed E-state index contributed by atoms with van der Waals surface area (Å²) < 4.78 is 0. The molecule has 5 nitrogen and oxygen atoms in total. The molecule has 0 aliphatic rings. The topological polar surface area (TPSA) is 89.4 Å². The van der Waals surface area contributed by atoms with Crippen molar-refractivity contribution in [1.82, 2.24) is 0 Å². The molecule has 2 atom stereocenters. The van der Waals surface area contributed by atoms with Crippen molar-refractivity contribution < 1.29 is 10.0 Å². The minimum absolute atomic E-state index is 0.000917. The average molecular weight is 252 g/mol. The van der Waals surface area contributed by atoms with Gasteiger partial charge in [-0.15, -0.1) is 0 Å². The number of non-ortho nitro benzene ring substituents is 1. The maximum atomic E-state index is 10.7. The van der Waals surface area contributed by atoms with Gasteiger partial charge in [-0.3, -0.25) is 10.1 Å². The van der Waals surface area contributed by atoms with Crippen LogP contribution in [-0.4, -0.2) is 16.1 Å². The number of aliphatic hydroxyl groups is 1. The summed E-state index contributed by atoms with van der Waals surface area (Å²) in [5.74, 6) is 0.497. The smallest absolute Gasteiger partial charge is 0.269 e. The maximum absolute atomic E-state index is 10.7. The highest BCUT2D eigenvalue weighted by Crippen LogP contribution is 2.22. The van der Waals surface area contributed by atoms with Crippen LogP contribution < -0.4 is 5.73 Å². The molecule has 3 N–H and O–H groups in total. The minimum atomic E-state index is -0.672. The quantitative estimate of drug-likeness (QED) is 0.601. The van der Waals surface area contributed by atoms with Gasteiger partial charge in [0.15, 0.2) is 0 Å². The first-order chi connectivity index (χ1) is 8.41. The van der Waals surface area contributed by atoms with Crippen molar-refractivity contribution >= 4 is 5.69 Å². The van der Waals surface area contributed by atoms with E-state index < -0.39 is 17.1 Å². The van der Waals surface area contributed by atoms with Gasteiger partial charge in [0.2, 0.25) is 0 Å². The van der Waals surface area contributed by atoms with Crippen LogP contribution in [0.2, 0.25) is 0 Å². The van der Waals surface area contributed by atoms with E-state index in [9.17, 15) is 15.2 Å². The Kier molecular flexibility index (Phi) is 5.25. The summed E-state index contributed by atoms with van der Waals surface area (Å²) in [5.41, 5.74) is 6.52. The van der Waals surface area contributed by atoms with E-state index in [0.717, 1.165) is 6.42 Å². The number of nitro benzene ring substituents is 1. The summed E-state index contributed by atoms with van der Waals surface area (Å²) in [6.45, 7) is 4.15. The van der Waals surface area contributed by atoms with Crippen LogP contribution in [0.15, 0.2) is 24.3 Å². The molecule has 0 heterocycles. The van der Waals surface area contributed by atoms with Gasteiger partial charge in [0.05, 0.1) is 17.1 Å². The zero-order valence-corrected chi connectivity index (χ0v) is 10.7. The fraction of sp³-hybridized carbons (Fsp3) is 0.538. The molecule has 0 saturated heterocycles. The number of benzene rings is 1. The fourth-order valence-corrected chi connectivity index (χ4v) is 1.75. The summed E-state index contributed by atoms with van der Waals surface area (Å²) in [4.78, 5) is 10.2. The molecule has 0 radical (unpaired) electrons. The largest absolute Gasteiger partial charge is 0.391 e. The number of nitro groups is 1. The highest BCUT2D eigenvalue weighted by molar-refractivity contribution is 5.36. The van der Waals surface area contributed by atoms with Gasteiger partial charge in [-0.05, 0) is 24.3 Å². The standard InChI is InChI=1S/C13H20N2O3/c1-9(2)6-7-12(16)13(14)10-4-3-5-11(8-10)15(17)18/h3-5,8-9,12-13,16H,6-7,14H2,1-2H3/t12-,13+/m0/s1. The molecule has 1 aromatic rings. The first kappa shape index (κ1) is 14.6. The Labute approximate surface area is 107 Å². The van der Waals surface area contributed by atoms with E-state index in [-0.39, 0.29) is 5.69 Å². The molecule has 0 bridgehead atoms. The van der Waals surface area contributed by atoms with E-state index in [4.69, 9.17) is 5.73 Å². The number of hydrogen-bond donors (Lipinski definition) is 2.